The lowest BCUT2D eigenvalue weighted by molar-refractivity contribution is 1.05. The molecule has 0 radical (unpaired) electrons. The maximum Gasteiger partial charge on any atom is 0.225 e. The first-order valence-corrected chi connectivity index (χ1v) is 5.18. The molecule has 0 fully saturated rings. The molecule has 0 saturated carbocycles. The first-order valence-electron chi connectivity index (χ1n) is 4.40. The van der Waals surface area contributed by atoms with Gasteiger partial charge in [0.25, 0.3) is 0 Å². The average molecular weight is 254 g/mol. The van der Waals surface area contributed by atoms with Crippen molar-refractivity contribution in [1.82, 2.24) is 15.0 Å². The molecular weight excluding hydrogens is 246 g/mol. The third kappa shape index (κ3) is 2.68. The van der Waals surface area contributed by atoms with Crippen LogP contribution in [0.2, 0.25) is 5.02 Å². The lowest BCUT2D eigenvalue weighted by atomic mass is 10.3. The molecule has 1 heterocycles. The number of hydrogen-bond acceptors (Lipinski definition) is 5. The van der Waals surface area contributed by atoms with Gasteiger partial charge in [-0.3, -0.25) is 4.98 Å². The van der Waals surface area contributed by atoms with E-state index in [4.69, 9.17) is 29.6 Å². The fourth-order valence-corrected chi connectivity index (χ4v) is 1.54. The number of aromatic amines is 1. The van der Waals surface area contributed by atoms with E-state index in [1.165, 1.54) is 0 Å². The standard InChI is InChI=1S/C9H8ClN5S/c10-5-2-1-3-6(4-5)12-8-13-7(11)14-9(16)15-8/h1-4H,(H4,11,12,13,14,15,16). The van der Waals surface area contributed by atoms with E-state index in [9.17, 15) is 0 Å². The van der Waals surface area contributed by atoms with Gasteiger partial charge in [-0.2, -0.15) is 9.97 Å². The molecule has 0 amide bonds. The average Bonchev–Trinajstić information content (AvgIpc) is 2.15. The molecule has 0 spiro atoms. The second-order valence-electron chi connectivity index (χ2n) is 3.00. The van der Waals surface area contributed by atoms with E-state index in [1.807, 2.05) is 12.1 Å². The normalized spacial score (nSPS) is 10.1. The third-order valence-electron chi connectivity index (χ3n) is 1.76. The Kier molecular flexibility index (Phi) is 3.02. The number of nitrogen functional groups attached to an aromatic ring is 1. The molecule has 1 aromatic carbocycles. The van der Waals surface area contributed by atoms with Crippen LogP contribution >= 0.6 is 23.8 Å². The van der Waals surface area contributed by atoms with Gasteiger partial charge in [0.2, 0.25) is 16.7 Å². The number of anilines is 3. The molecule has 82 valence electrons. The topological polar surface area (TPSA) is 79.6 Å². The summed E-state index contributed by atoms with van der Waals surface area (Å²) >= 11 is 10.7. The zero-order chi connectivity index (χ0) is 11.5. The van der Waals surface area contributed by atoms with Crippen LogP contribution in [0.4, 0.5) is 17.6 Å². The quantitative estimate of drug-likeness (QED) is 0.717. The third-order valence-corrected chi connectivity index (χ3v) is 2.18. The summed E-state index contributed by atoms with van der Waals surface area (Å²) < 4.78 is 0.181. The fraction of sp³-hybridized carbons (Fsp3) is 0. The van der Waals surface area contributed by atoms with Crippen molar-refractivity contribution in [3.05, 3.63) is 34.1 Å². The lowest BCUT2D eigenvalue weighted by Crippen LogP contribution is -2.02. The van der Waals surface area contributed by atoms with Crippen LogP contribution in [0.15, 0.2) is 24.3 Å². The zero-order valence-electron chi connectivity index (χ0n) is 8.07. The number of nitrogens with two attached hydrogens (primary N) is 1. The van der Waals surface area contributed by atoms with Gasteiger partial charge in [0, 0.05) is 10.7 Å². The minimum atomic E-state index is 0.181. The van der Waals surface area contributed by atoms with Gasteiger partial charge in [-0.1, -0.05) is 17.7 Å². The Hall–Kier alpha value is -1.66. The molecule has 0 atom stereocenters. The second kappa shape index (κ2) is 4.46. The van der Waals surface area contributed by atoms with Crippen molar-refractivity contribution in [2.75, 3.05) is 11.1 Å². The van der Waals surface area contributed by atoms with Crippen molar-refractivity contribution in [3.8, 4) is 0 Å². The Bertz CT molecular complexity index is 568. The van der Waals surface area contributed by atoms with Gasteiger partial charge in [-0.05, 0) is 30.4 Å². The molecule has 2 aromatic rings. The highest BCUT2D eigenvalue weighted by Crippen LogP contribution is 2.17. The Morgan fingerprint density at radius 3 is 2.88 bits per heavy atom. The second-order valence-corrected chi connectivity index (χ2v) is 3.80. The maximum atomic E-state index is 5.85. The Morgan fingerprint density at radius 1 is 1.38 bits per heavy atom. The maximum absolute atomic E-state index is 5.85. The van der Waals surface area contributed by atoms with Gasteiger partial charge in [-0.25, -0.2) is 0 Å². The van der Waals surface area contributed by atoms with E-state index >= 15 is 0 Å². The van der Waals surface area contributed by atoms with Crippen LogP contribution in [-0.2, 0) is 0 Å². The van der Waals surface area contributed by atoms with Gasteiger partial charge < -0.3 is 11.1 Å². The highest BCUT2D eigenvalue weighted by atomic mass is 35.5. The van der Waals surface area contributed by atoms with Gasteiger partial charge >= 0.3 is 0 Å². The molecule has 0 aliphatic heterocycles. The molecule has 0 aliphatic rings. The van der Waals surface area contributed by atoms with E-state index in [2.05, 4.69) is 20.3 Å². The van der Waals surface area contributed by atoms with Gasteiger partial charge in [0.15, 0.2) is 0 Å². The van der Waals surface area contributed by atoms with E-state index in [1.54, 1.807) is 12.1 Å². The molecule has 1 aromatic heterocycles. The number of halogens is 1. The van der Waals surface area contributed by atoms with Crippen molar-refractivity contribution in [1.29, 1.82) is 0 Å². The minimum Gasteiger partial charge on any atom is -0.369 e. The number of hydrogen-bond donors (Lipinski definition) is 3. The van der Waals surface area contributed by atoms with E-state index < -0.39 is 0 Å². The predicted molar refractivity (Wildman–Crippen MR) is 66.4 cm³/mol. The number of nitrogens with zero attached hydrogens (tertiary/aromatic N) is 2. The molecule has 5 nitrogen and oxygen atoms in total. The molecule has 0 unspecified atom stereocenters. The van der Waals surface area contributed by atoms with Crippen LogP contribution in [0.1, 0.15) is 0 Å². The molecule has 4 N–H and O–H groups in total. The van der Waals surface area contributed by atoms with Gasteiger partial charge in [0.05, 0.1) is 0 Å². The monoisotopic (exact) mass is 253 g/mol. The first-order chi connectivity index (χ1) is 7.63. The molecule has 7 heteroatoms. The van der Waals surface area contributed by atoms with Crippen molar-refractivity contribution in [3.63, 3.8) is 0 Å². The Balaban J connectivity index is 2.30. The molecule has 2 rings (SSSR count). The van der Waals surface area contributed by atoms with Crippen LogP contribution in [0.5, 0.6) is 0 Å². The fourth-order valence-electron chi connectivity index (χ4n) is 1.16. The molecule has 0 bridgehead atoms. The predicted octanol–water partition coefficient (Wildman–Crippen LogP) is 2.51. The lowest BCUT2D eigenvalue weighted by Gasteiger charge is -2.05. The van der Waals surface area contributed by atoms with Crippen LogP contribution in [0.3, 0.4) is 0 Å². The van der Waals surface area contributed by atoms with Crippen LogP contribution in [0.25, 0.3) is 0 Å². The first kappa shape index (κ1) is 10.8. The number of H-pyrrole nitrogens is 1. The summed E-state index contributed by atoms with van der Waals surface area (Å²) in [5, 5.41) is 3.62. The number of nitrogens with one attached hydrogen (secondary N) is 2. The van der Waals surface area contributed by atoms with Crippen LogP contribution < -0.4 is 11.1 Å². The zero-order valence-corrected chi connectivity index (χ0v) is 9.64. The van der Waals surface area contributed by atoms with Crippen LogP contribution in [0, 0.1) is 4.77 Å². The summed E-state index contributed by atoms with van der Waals surface area (Å²) in [5.74, 6) is 0.643. The van der Waals surface area contributed by atoms with Crippen molar-refractivity contribution in [2.45, 2.75) is 0 Å². The molecule has 0 aliphatic carbocycles. The summed E-state index contributed by atoms with van der Waals surface area (Å²) in [5.41, 5.74) is 6.29. The number of benzene rings is 1. The van der Waals surface area contributed by atoms with Crippen molar-refractivity contribution < 1.29 is 0 Å². The van der Waals surface area contributed by atoms with Gasteiger partial charge in [0.1, 0.15) is 0 Å². The van der Waals surface area contributed by atoms with E-state index in [0.717, 1.165) is 5.69 Å². The van der Waals surface area contributed by atoms with E-state index in [0.29, 0.717) is 11.0 Å². The van der Waals surface area contributed by atoms with Crippen LogP contribution in [-0.4, -0.2) is 15.0 Å². The van der Waals surface area contributed by atoms with Gasteiger partial charge in [-0.15, -0.1) is 0 Å². The summed E-state index contributed by atoms with van der Waals surface area (Å²) in [6.07, 6.45) is 0. The summed E-state index contributed by atoms with van der Waals surface area (Å²) in [6.45, 7) is 0. The Morgan fingerprint density at radius 2 is 2.19 bits per heavy atom. The number of aromatic nitrogens is 3. The summed E-state index contributed by atoms with van der Waals surface area (Å²) in [7, 11) is 0. The highest BCUT2D eigenvalue weighted by Gasteiger charge is 1.99. The Labute approximate surface area is 102 Å². The van der Waals surface area contributed by atoms with Crippen molar-refractivity contribution >= 4 is 41.4 Å². The number of rotatable bonds is 2. The largest absolute Gasteiger partial charge is 0.369 e. The molecular formula is C9H8ClN5S. The van der Waals surface area contributed by atoms with E-state index in [-0.39, 0.29) is 10.7 Å². The van der Waals surface area contributed by atoms with Crippen molar-refractivity contribution in [2.24, 2.45) is 0 Å². The molecule has 0 saturated heterocycles. The smallest absolute Gasteiger partial charge is 0.225 e. The minimum absolute atomic E-state index is 0.181. The SMILES string of the molecule is Nc1nc(=S)nc(Nc2cccc(Cl)c2)[nH]1. The summed E-state index contributed by atoms with van der Waals surface area (Å²) in [6, 6.07) is 7.21. The molecule has 16 heavy (non-hydrogen) atoms. The highest BCUT2D eigenvalue weighted by molar-refractivity contribution is 7.71. The summed E-state index contributed by atoms with van der Waals surface area (Å²) in [4.78, 5) is 10.5.